The third-order valence-corrected chi connectivity index (χ3v) is 3.09. The summed E-state index contributed by atoms with van der Waals surface area (Å²) in [4.78, 5) is 23.1. The molecule has 0 aromatic rings. The summed E-state index contributed by atoms with van der Waals surface area (Å²) < 4.78 is 0. The van der Waals surface area contributed by atoms with Gasteiger partial charge in [0, 0.05) is 13.1 Å². The molecule has 4 atom stereocenters. The predicted molar refractivity (Wildman–Crippen MR) is 79.5 cm³/mol. The second-order valence-corrected chi connectivity index (χ2v) is 5.70. The molecule has 0 aliphatic rings. The smallest absolute Gasteiger partial charge is 0.232 e. The Balaban J connectivity index is 4.06. The fraction of sp³-hybridized carbons (Fsp3) is 0.818. The van der Waals surface area contributed by atoms with Gasteiger partial charge in [0.15, 0.2) is 0 Å². The summed E-state index contributed by atoms with van der Waals surface area (Å²) in [7, 11) is 0. The summed E-state index contributed by atoms with van der Waals surface area (Å²) in [6, 6.07) is 0. The molecule has 19 heavy (non-hydrogen) atoms. The molecule has 4 unspecified atom stereocenters. The lowest BCUT2D eigenvalue weighted by molar-refractivity contribution is -0.122. The maximum absolute atomic E-state index is 11.6. The fourth-order valence-corrected chi connectivity index (χ4v) is 1.93. The van der Waals surface area contributed by atoms with Crippen LogP contribution in [-0.4, -0.2) is 57.8 Å². The van der Waals surface area contributed by atoms with Crippen LogP contribution in [-0.2, 0) is 9.59 Å². The highest BCUT2D eigenvalue weighted by Gasteiger charge is 2.22. The molecule has 0 rings (SSSR count). The van der Waals surface area contributed by atoms with E-state index in [1.807, 2.05) is 0 Å². The molecule has 0 heterocycles. The van der Waals surface area contributed by atoms with Crippen molar-refractivity contribution in [2.24, 2.45) is 0 Å². The molecular weight excluding hydrogens is 288 g/mol. The molecule has 2 amide bonds. The second kappa shape index (κ2) is 9.46. The summed E-state index contributed by atoms with van der Waals surface area (Å²) in [5.74, 6) is -0.710. The van der Waals surface area contributed by atoms with Crippen molar-refractivity contribution in [1.29, 1.82) is 0 Å². The molecule has 0 fully saturated rings. The number of aliphatic hydroxyl groups is 2. The minimum atomic E-state index is -0.682. The van der Waals surface area contributed by atoms with E-state index >= 15 is 0 Å². The minimum Gasteiger partial charge on any atom is -0.392 e. The number of rotatable bonds is 8. The van der Waals surface area contributed by atoms with E-state index in [4.69, 9.17) is 10.2 Å². The highest BCUT2D eigenvalue weighted by molar-refractivity contribution is 7.82. The van der Waals surface area contributed by atoms with Crippen molar-refractivity contribution in [1.82, 2.24) is 10.6 Å². The first-order valence-electron chi connectivity index (χ1n) is 6.01. The van der Waals surface area contributed by atoms with E-state index < -0.39 is 22.7 Å². The van der Waals surface area contributed by atoms with Crippen LogP contribution in [0.2, 0.25) is 0 Å². The number of amides is 2. The van der Waals surface area contributed by atoms with Crippen LogP contribution in [0.25, 0.3) is 0 Å². The largest absolute Gasteiger partial charge is 0.392 e. The highest BCUT2D eigenvalue weighted by atomic mass is 32.1. The number of aliphatic hydroxyl groups excluding tert-OH is 2. The molecule has 6 nitrogen and oxygen atoms in total. The molecule has 0 radical (unpaired) electrons. The highest BCUT2D eigenvalue weighted by Crippen LogP contribution is 2.11. The molecular formula is C11H22N2O4S2. The molecule has 0 bridgehead atoms. The van der Waals surface area contributed by atoms with Gasteiger partial charge in [0.05, 0.1) is 22.7 Å². The van der Waals surface area contributed by atoms with Crippen LogP contribution in [0.4, 0.5) is 0 Å². The van der Waals surface area contributed by atoms with Crippen LogP contribution < -0.4 is 10.6 Å². The monoisotopic (exact) mass is 310 g/mol. The summed E-state index contributed by atoms with van der Waals surface area (Å²) in [5.41, 5.74) is 0. The topological polar surface area (TPSA) is 98.7 Å². The molecule has 0 saturated carbocycles. The Kier molecular flexibility index (Phi) is 9.24. The molecule has 0 aromatic heterocycles. The van der Waals surface area contributed by atoms with Gasteiger partial charge in [-0.25, -0.2) is 0 Å². The van der Waals surface area contributed by atoms with E-state index in [1.54, 1.807) is 13.8 Å². The summed E-state index contributed by atoms with van der Waals surface area (Å²) in [5, 5.41) is 21.7. The number of carbonyl (C=O) groups is 2. The Morgan fingerprint density at radius 3 is 1.53 bits per heavy atom. The zero-order chi connectivity index (χ0) is 15.0. The second-order valence-electron chi connectivity index (χ2n) is 4.46. The van der Waals surface area contributed by atoms with Crippen molar-refractivity contribution >= 4 is 37.1 Å². The van der Waals surface area contributed by atoms with Crippen LogP contribution in [0.1, 0.15) is 20.3 Å². The maximum Gasteiger partial charge on any atom is 0.232 e. The first-order chi connectivity index (χ1) is 8.73. The average Bonchev–Trinajstić information content (AvgIpc) is 2.32. The lowest BCUT2D eigenvalue weighted by Crippen LogP contribution is -2.41. The first kappa shape index (κ1) is 18.6. The maximum atomic E-state index is 11.6. The lowest BCUT2D eigenvalue weighted by atomic mass is 10.2. The molecule has 8 heteroatoms. The molecule has 0 aliphatic heterocycles. The van der Waals surface area contributed by atoms with Crippen LogP contribution in [0, 0.1) is 0 Å². The Bertz CT molecular complexity index is 272. The Morgan fingerprint density at radius 2 is 1.26 bits per heavy atom. The van der Waals surface area contributed by atoms with Crippen molar-refractivity contribution in [3.8, 4) is 0 Å². The van der Waals surface area contributed by atoms with Gasteiger partial charge in [-0.05, 0) is 20.3 Å². The lowest BCUT2D eigenvalue weighted by Gasteiger charge is -2.17. The van der Waals surface area contributed by atoms with Crippen LogP contribution in [0.3, 0.4) is 0 Å². The molecule has 4 N–H and O–H groups in total. The van der Waals surface area contributed by atoms with Crippen molar-refractivity contribution in [3.05, 3.63) is 0 Å². The quantitative estimate of drug-likeness (QED) is 0.323. The number of nitrogens with one attached hydrogen (secondary N) is 2. The van der Waals surface area contributed by atoms with E-state index in [0.29, 0.717) is 0 Å². The van der Waals surface area contributed by atoms with E-state index in [0.717, 1.165) is 0 Å². The van der Waals surface area contributed by atoms with E-state index in [9.17, 15) is 9.59 Å². The van der Waals surface area contributed by atoms with Gasteiger partial charge in [-0.1, -0.05) is 0 Å². The number of hydrogen-bond acceptors (Lipinski definition) is 6. The number of carbonyl (C=O) groups excluding carboxylic acids is 2. The normalized spacial score (nSPS) is 17.2. The minimum absolute atomic E-state index is 0.140. The van der Waals surface area contributed by atoms with Gasteiger partial charge in [-0.15, -0.1) is 0 Å². The van der Waals surface area contributed by atoms with Gasteiger partial charge in [0.2, 0.25) is 11.8 Å². The number of hydrogen-bond donors (Lipinski definition) is 6. The van der Waals surface area contributed by atoms with Gasteiger partial charge in [0.25, 0.3) is 0 Å². The summed E-state index contributed by atoms with van der Waals surface area (Å²) >= 11 is 8.20. The van der Waals surface area contributed by atoms with E-state index in [2.05, 4.69) is 35.9 Å². The molecule has 112 valence electrons. The summed E-state index contributed by atoms with van der Waals surface area (Å²) in [6.07, 6.45) is -1.11. The molecule has 0 aromatic carbocycles. The number of thiol groups is 2. The van der Waals surface area contributed by atoms with Gasteiger partial charge in [0.1, 0.15) is 0 Å². The zero-order valence-electron chi connectivity index (χ0n) is 11.0. The fourth-order valence-electron chi connectivity index (χ4n) is 1.16. The molecule has 0 saturated heterocycles. The van der Waals surface area contributed by atoms with E-state index in [1.165, 1.54) is 0 Å². The van der Waals surface area contributed by atoms with Gasteiger partial charge in [-0.2, -0.15) is 25.3 Å². The molecule has 0 aliphatic carbocycles. The average molecular weight is 310 g/mol. The van der Waals surface area contributed by atoms with Crippen LogP contribution >= 0.6 is 25.3 Å². The Labute approximate surface area is 124 Å². The third-order valence-electron chi connectivity index (χ3n) is 2.20. The van der Waals surface area contributed by atoms with Crippen molar-refractivity contribution in [2.75, 3.05) is 13.1 Å². The van der Waals surface area contributed by atoms with Crippen LogP contribution in [0.5, 0.6) is 0 Å². The Morgan fingerprint density at radius 1 is 0.947 bits per heavy atom. The van der Waals surface area contributed by atoms with Crippen molar-refractivity contribution in [3.63, 3.8) is 0 Å². The third kappa shape index (κ3) is 9.15. The van der Waals surface area contributed by atoms with Gasteiger partial charge >= 0.3 is 0 Å². The van der Waals surface area contributed by atoms with Crippen molar-refractivity contribution < 1.29 is 19.8 Å². The predicted octanol–water partition coefficient (Wildman–Crippen LogP) is -1.03. The Hall–Kier alpha value is -0.440. The first-order valence-corrected chi connectivity index (χ1v) is 7.05. The van der Waals surface area contributed by atoms with Crippen molar-refractivity contribution in [2.45, 2.75) is 43.0 Å². The SMILES string of the molecule is CC(O)CNC(=O)C(S)CC(S)C(=O)NCC(C)O. The van der Waals surface area contributed by atoms with Gasteiger partial charge < -0.3 is 20.8 Å². The molecule has 0 spiro atoms. The van der Waals surface area contributed by atoms with Gasteiger partial charge in [-0.3, -0.25) is 9.59 Å². The standard InChI is InChI=1S/C11H22N2O4S2/c1-6(14)4-12-10(16)8(18)3-9(19)11(17)13-5-7(2)15/h6-9,14-15,18-19H,3-5H2,1-2H3,(H,12,16)(H,13,17). The van der Waals surface area contributed by atoms with Crippen LogP contribution in [0.15, 0.2) is 0 Å². The van der Waals surface area contributed by atoms with E-state index in [-0.39, 0.29) is 31.3 Å². The summed E-state index contributed by atoms with van der Waals surface area (Å²) in [6.45, 7) is 3.39. The zero-order valence-corrected chi connectivity index (χ0v) is 12.8.